The highest BCUT2D eigenvalue weighted by atomic mass is 16.5. The van der Waals surface area contributed by atoms with Crippen LogP contribution in [0.25, 0.3) is 0 Å². The molecule has 29 heavy (non-hydrogen) atoms. The minimum atomic E-state index is -1.43. The number of benzene rings is 1. The van der Waals surface area contributed by atoms with E-state index in [1.54, 1.807) is 31.2 Å². The summed E-state index contributed by atoms with van der Waals surface area (Å²) in [6.07, 6.45) is 2.29. The summed E-state index contributed by atoms with van der Waals surface area (Å²) in [5, 5.41) is 10.4. The molecule has 0 aliphatic heterocycles. The first-order valence-corrected chi connectivity index (χ1v) is 9.26. The van der Waals surface area contributed by atoms with Crippen LogP contribution in [0.2, 0.25) is 0 Å². The van der Waals surface area contributed by atoms with Gasteiger partial charge in [-0.25, -0.2) is 0 Å². The van der Waals surface area contributed by atoms with Gasteiger partial charge in [-0.1, -0.05) is 19.1 Å². The van der Waals surface area contributed by atoms with Gasteiger partial charge in [0.15, 0.2) is 17.3 Å². The first-order chi connectivity index (χ1) is 13.8. The minimum absolute atomic E-state index is 0.00554. The number of ketones is 1. The largest absolute Gasteiger partial charge is 0.497 e. The van der Waals surface area contributed by atoms with Crippen LogP contribution in [0.4, 0.5) is 0 Å². The van der Waals surface area contributed by atoms with Gasteiger partial charge in [-0.05, 0) is 36.6 Å². The normalized spacial score (nSPS) is 21.3. The van der Waals surface area contributed by atoms with Gasteiger partial charge in [-0.2, -0.15) is 0 Å². The number of aliphatic carboxylic acids is 1. The molecule has 0 heterocycles. The molecule has 1 aliphatic rings. The Morgan fingerprint density at radius 1 is 1.03 bits per heavy atom. The van der Waals surface area contributed by atoms with E-state index in [1.165, 1.54) is 35.4 Å². The van der Waals surface area contributed by atoms with Gasteiger partial charge in [-0.3, -0.25) is 4.79 Å². The van der Waals surface area contributed by atoms with E-state index in [9.17, 15) is 14.7 Å². The van der Waals surface area contributed by atoms with E-state index in [4.69, 9.17) is 18.9 Å². The zero-order chi connectivity index (χ0) is 21.8. The summed E-state index contributed by atoms with van der Waals surface area (Å²) in [5.74, 6) is 0.217. The van der Waals surface area contributed by atoms with Gasteiger partial charge < -0.3 is 28.8 Å². The van der Waals surface area contributed by atoms with Crippen molar-refractivity contribution in [3.63, 3.8) is 0 Å². The van der Waals surface area contributed by atoms with E-state index >= 15 is 0 Å². The molecule has 7 heteroatoms. The lowest BCUT2D eigenvalue weighted by Crippen LogP contribution is -2.44. The number of hydrogen-bond donors (Lipinski definition) is 1. The second-order valence-corrected chi connectivity index (χ2v) is 6.94. The van der Waals surface area contributed by atoms with Crippen molar-refractivity contribution in [2.24, 2.45) is 5.92 Å². The zero-order valence-corrected chi connectivity index (χ0v) is 17.7. The van der Waals surface area contributed by atoms with Crippen molar-refractivity contribution < 1.29 is 33.6 Å². The number of methoxy groups -OCH3 is 4. The Morgan fingerprint density at radius 3 is 2.17 bits per heavy atom. The first kappa shape index (κ1) is 22.3. The topological polar surface area (TPSA) is 91.3 Å². The second-order valence-electron chi connectivity index (χ2n) is 6.94. The van der Waals surface area contributed by atoms with Crippen LogP contribution in [0.1, 0.15) is 32.3 Å². The van der Waals surface area contributed by atoms with Crippen LogP contribution in [0, 0.1) is 5.92 Å². The molecule has 1 N–H and O–H groups in total. The Morgan fingerprint density at radius 2 is 1.69 bits per heavy atom. The molecule has 158 valence electrons. The molecule has 0 spiro atoms. The van der Waals surface area contributed by atoms with E-state index in [1.807, 2.05) is 0 Å². The molecule has 2 atom stereocenters. The van der Waals surface area contributed by atoms with Crippen LogP contribution >= 0.6 is 0 Å². The summed E-state index contributed by atoms with van der Waals surface area (Å²) in [6.45, 7) is 3.28. The molecule has 2 rings (SSSR count). The van der Waals surface area contributed by atoms with Gasteiger partial charge in [-0.15, -0.1) is 0 Å². The number of ether oxygens (including phenoxy) is 4. The summed E-state index contributed by atoms with van der Waals surface area (Å²) in [7, 11) is 6.01. The molecule has 1 unspecified atom stereocenters. The number of carboxylic acid groups (broad SMARTS) is 1. The van der Waals surface area contributed by atoms with Crippen molar-refractivity contribution in [3.8, 4) is 11.5 Å². The summed E-state index contributed by atoms with van der Waals surface area (Å²) in [4.78, 5) is 24.2. The fourth-order valence-corrected chi connectivity index (χ4v) is 3.82. The monoisotopic (exact) mass is 404 g/mol. The quantitative estimate of drug-likeness (QED) is 0.674. The summed E-state index contributed by atoms with van der Waals surface area (Å²) in [5.41, 5.74) is -0.297. The Balaban J connectivity index is 2.76. The fourth-order valence-electron chi connectivity index (χ4n) is 3.82. The van der Waals surface area contributed by atoms with Crippen LogP contribution in [-0.4, -0.2) is 45.3 Å². The predicted octanol–water partition coefficient (Wildman–Crippen LogP) is 3.48. The highest BCUT2D eigenvalue weighted by molar-refractivity contribution is 5.87. The Labute approximate surface area is 170 Å². The lowest BCUT2D eigenvalue weighted by atomic mass is 9.65. The van der Waals surface area contributed by atoms with Crippen LogP contribution in [0.3, 0.4) is 0 Å². The molecule has 0 fully saturated rings. The van der Waals surface area contributed by atoms with Crippen molar-refractivity contribution in [3.05, 3.63) is 46.9 Å². The van der Waals surface area contributed by atoms with Crippen LogP contribution < -0.4 is 9.47 Å². The average Bonchev–Trinajstić information content (AvgIpc) is 2.71. The minimum Gasteiger partial charge on any atom is -0.497 e. The van der Waals surface area contributed by atoms with Crippen molar-refractivity contribution in [1.29, 1.82) is 0 Å². The summed E-state index contributed by atoms with van der Waals surface area (Å²) >= 11 is 0. The van der Waals surface area contributed by atoms with Gasteiger partial charge >= 0.3 is 5.97 Å². The molecular weight excluding hydrogens is 376 g/mol. The van der Waals surface area contributed by atoms with Crippen molar-refractivity contribution in [1.82, 2.24) is 0 Å². The lowest BCUT2D eigenvalue weighted by Gasteiger charge is -2.39. The number of Topliss-reactive ketones (excluding diaryl/α,β-unsaturated/α-hetero) is 1. The number of hydrogen-bond acceptors (Lipinski definition) is 6. The first-order valence-electron chi connectivity index (χ1n) is 9.26. The maximum Gasteiger partial charge on any atom is 0.318 e. The summed E-state index contributed by atoms with van der Waals surface area (Å²) < 4.78 is 21.8. The zero-order valence-electron chi connectivity index (χ0n) is 17.7. The number of rotatable bonds is 9. The van der Waals surface area contributed by atoms with Gasteiger partial charge in [0.25, 0.3) is 0 Å². The van der Waals surface area contributed by atoms with Crippen LogP contribution in [0.5, 0.6) is 11.5 Å². The third kappa shape index (κ3) is 3.95. The maximum absolute atomic E-state index is 12.7. The van der Waals surface area contributed by atoms with E-state index in [-0.39, 0.29) is 12.2 Å². The number of carbonyl (C=O) groups is 2. The molecule has 1 aromatic rings. The van der Waals surface area contributed by atoms with Crippen molar-refractivity contribution in [2.75, 3.05) is 28.4 Å². The Kier molecular flexibility index (Phi) is 6.95. The predicted molar refractivity (Wildman–Crippen MR) is 107 cm³/mol. The molecule has 1 aliphatic carbocycles. The molecular formula is C22H28O7. The molecule has 0 amide bonds. The fraction of sp³-hybridized carbons (Fsp3) is 0.455. The molecule has 1 aromatic carbocycles. The van der Waals surface area contributed by atoms with Gasteiger partial charge in [0, 0.05) is 12.3 Å². The van der Waals surface area contributed by atoms with Crippen LogP contribution in [-0.2, 0) is 24.5 Å². The van der Waals surface area contributed by atoms with Gasteiger partial charge in [0.1, 0.15) is 17.0 Å². The molecule has 0 bridgehead atoms. The van der Waals surface area contributed by atoms with Crippen molar-refractivity contribution >= 4 is 11.8 Å². The number of carbonyl (C=O) groups excluding carboxylic acids is 1. The number of carboxylic acids is 1. The molecule has 0 aromatic heterocycles. The molecule has 0 saturated carbocycles. The molecule has 7 nitrogen and oxygen atoms in total. The average molecular weight is 404 g/mol. The Bertz CT molecular complexity index is 853. The molecule has 0 radical (unpaired) electrons. The van der Waals surface area contributed by atoms with E-state index in [2.05, 4.69) is 0 Å². The van der Waals surface area contributed by atoms with E-state index < -0.39 is 17.3 Å². The Hall–Kier alpha value is -2.96. The summed E-state index contributed by atoms with van der Waals surface area (Å²) in [6, 6.07) is 5.04. The maximum atomic E-state index is 12.7. The highest BCUT2D eigenvalue weighted by Gasteiger charge is 2.50. The van der Waals surface area contributed by atoms with Crippen LogP contribution in [0.15, 0.2) is 41.4 Å². The molecule has 0 saturated heterocycles. The number of allylic oxidation sites excluding steroid dienone is 2. The van der Waals surface area contributed by atoms with E-state index in [0.717, 1.165) is 0 Å². The van der Waals surface area contributed by atoms with Gasteiger partial charge in [0.05, 0.1) is 28.4 Å². The third-order valence-electron chi connectivity index (χ3n) is 5.38. The second kappa shape index (κ2) is 9.03. The standard InChI is InChI=1S/C22H28O7/c1-13(23)7-8-15-12-22(21(24)25,14(2)19(28-5)20(15)29-6)16-9-10-17(26-3)18(11-16)27-4/h9-12,14H,7-8H2,1-6H3,(H,24,25)/t14?,22-/m1/s1. The van der Waals surface area contributed by atoms with E-state index in [0.29, 0.717) is 40.6 Å². The highest BCUT2D eigenvalue weighted by Crippen LogP contribution is 2.48. The third-order valence-corrected chi connectivity index (χ3v) is 5.38. The van der Waals surface area contributed by atoms with Crippen molar-refractivity contribution in [2.45, 2.75) is 32.1 Å². The smallest absolute Gasteiger partial charge is 0.318 e. The lowest BCUT2D eigenvalue weighted by molar-refractivity contribution is -0.144. The SMILES string of the molecule is COC1=C(OC)C(C)[C@@](C(=O)O)(c2ccc(OC)c(OC)c2)C=C1CCC(C)=O. The van der Waals surface area contributed by atoms with Gasteiger partial charge in [0.2, 0.25) is 0 Å².